The van der Waals surface area contributed by atoms with E-state index in [1.807, 2.05) is 6.07 Å². The van der Waals surface area contributed by atoms with E-state index in [2.05, 4.69) is 22.8 Å². The van der Waals surface area contributed by atoms with E-state index in [4.69, 9.17) is 0 Å². The minimum Gasteiger partial charge on any atom is -0.370 e. The summed E-state index contributed by atoms with van der Waals surface area (Å²) in [5, 5.41) is 9.47. The number of rotatable bonds is 4. The predicted octanol–water partition coefficient (Wildman–Crippen LogP) is 3.85. The van der Waals surface area contributed by atoms with Gasteiger partial charge in [-0.1, -0.05) is 6.42 Å². The molecule has 2 saturated heterocycles. The minimum atomic E-state index is 0.0569. The number of hydrogen-bond donors (Lipinski definition) is 0. The highest BCUT2D eigenvalue weighted by atomic mass is 16.1. The predicted molar refractivity (Wildman–Crippen MR) is 101 cm³/mol. The van der Waals surface area contributed by atoms with Gasteiger partial charge in [0, 0.05) is 31.2 Å². The van der Waals surface area contributed by atoms with Crippen LogP contribution in [0.25, 0.3) is 0 Å². The van der Waals surface area contributed by atoms with E-state index in [9.17, 15) is 10.1 Å². The van der Waals surface area contributed by atoms with Gasteiger partial charge in [-0.2, -0.15) is 5.26 Å². The first-order valence-corrected chi connectivity index (χ1v) is 9.62. The van der Waals surface area contributed by atoms with Gasteiger partial charge in [0.1, 0.15) is 6.07 Å². The van der Waals surface area contributed by atoms with Gasteiger partial charge >= 0.3 is 0 Å². The Bertz CT molecular complexity index is 664. The topological polar surface area (TPSA) is 47.3 Å². The van der Waals surface area contributed by atoms with Crippen LogP contribution in [-0.2, 0) is 0 Å². The van der Waals surface area contributed by atoms with Crippen molar-refractivity contribution in [2.45, 2.75) is 52.0 Å². The number of hydrogen-bond acceptors (Lipinski definition) is 4. The van der Waals surface area contributed by atoms with Crippen molar-refractivity contribution in [3.8, 4) is 6.07 Å². The lowest BCUT2D eigenvalue weighted by Crippen LogP contribution is -2.45. The van der Waals surface area contributed by atoms with E-state index in [0.717, 1.165) is 31.7 Å². The number of nitriles is 1. The van der Waals surface area contributed by atoms with Crippen LogP contribution in [0.5, 0.6) is 0 Å². The van der Waals surface area contributed by atoms with Crippen LogP contribution in [0, 0.1) is 17.2 Å². The molecular formula is C21H29N3O. The maximum Gasteiger partial charge on any atom is 0.159 e. The van der Waals surface area contributed by atoms with Crippen molar-refractivity contribution in [3.63, 3.8) is 0 Å². The van der Waals surface area contributed by atoms with Crippen molar-refractivity contribution in [2.75, 3.05) is 31.1 Å². The molecule has 4 nitrogen and oxygen atoms in total. The third-order valence-electron chi connectivity index (χ3n) is 5.82. The van der Waals surface area contributed by atoms with Crippen molar-refractivity contribution in [1.82, 2.24) is 4.90 Å². The summed E-state index contributed by atoms with van der Waals surface area (Å²) < 4.78 is 0. The van der Waals surface area contributed by atoms with Gasteiger partial charge in [0.25, 0.3) is 0 Å². The van der Waals surface area contributed by atoms with E-state index in [0.29, 0.717) is 23.1 Å². The Labute approximate surface area is 151 Å². The normalized spacial score (nSPS) is 24.8. The Kier molecular flexibility index (Phi) is 5.75. The Morgan fingerprint density at radius 1 is 1.24 bits per heavy atom. The molecule has 3 rings (SSSR count). The third-order valence-corrected chi connectivity index (χ3v) is 5.82. The van der Waals surface area contributed by atoms with Crippen LogP contribution < -0.4 is 4.90 Å². The molecule has 1 aromatic carbocycles. The number of carbonyl (C=O) groups is 1. The molecule has 2 unspecified atom stereocenters. The van der Waals surface area contributed by atoms with E-state index >= 15 is 0 Å². The molecule has 0 spiro atoms. The zero-order valence-corrected chi connectivity index (χ0v) is 15.5. The summed E-state index contributed by atoms with van der Waals surface area (Å²) in [7, 11) is 0. The lowest BCUT2D eigenvalue weighted by Gasteiger charge is -2.40. The van der Waals surface area contributed by atoms with Gasteiger partial charge in [0.15, 0.2) is 5.78 Å². The van der Waals surface area contributed by atoms with Crippen molar-refractivity contribution in [3.05, 3.63) is 29.3 Å². The number of nitrogens with zero attached hydrogens (tertiary/aromatic N) is 3. The van der Waals surface area contributed by atoms with Crippen molar-refractivity contribution in [2.24, 2.45) is 5.92 Å². The fourth-order valence-electron chi connectivity index (χ4n) is 4.30. The summed E-state index contributed by atoms with van der Waals surface area (Å²) in [5.41, 5.74) is 2.31. The average molecular weight is 339 g/mol. The molecular weight excluding hydrogens is 310 g/mol. The molecule has 0 N–H and O–H groups in total. The summed E-state index contributed by atoms with van der Waals surface area (Å²) in [6, 6.07) is 8.46. The number of ketones is 1. The second kappa shape index (κ2) is 8.01. The van der Waals surface area contributed by atoms with Crippen molar-refractivity contribution >= 4 is 11.5 Å². The summed E-state index contributed by atoms with van der Waals surface area (Å²) in [4.78, 5) is 16.7. The summed E-state index contributed by atoms with van der Waals surface area (Å²) >= 11 is 0. The maximum atomic E-state index is 11.7. The molecule has 4 heteroatoms. The van der Waals surface area contributed by atoms with Crippen LogP contribution in [0.15, 0.2) is 18.2 Å². The largest absolute Gasteiger partial charge is 0.370 e. The minimum absolute atomic E-state index is 0.0569. The van der Waals surface area contributed by atoms with Gasteiger partial charge in [-0.25, -0.2) is 0 Å². The average Bonchev–Trinajstić information content (AvgIpc) is 2.63. The lowest BCUT2D eigenvalue weighted by atomic mass is 9.93. The van der Waals surface area contributed by atoms with Gasteiger partial charge in [-0.05, 0) is 70.2 Å². The highest BCUT2D eigenvalue weighted by molar-refractivity contribution is 5.95. The van der Waals surface area contributed by atoms with Gasteiger partial charge in [0.05, 0.1) is 11.3 Å². The number of likely N-dealkylation sites (tertiary alicyclic amines) is 1. The molecule has 0 amide bonds. The van der Waals surface area contributed by atoms with Crippen molar-refractivity contribution < 1.29 is 4.79 Å². The van der Waals surface area contributed by atoms with Crippen LogP contribution in [0.1, 0.15) is 61.9 Å². The molecule has 2 aliphatic heterocycles. The summed E-state index contributed by atoms with van der Waals surface area (Å²) in [6.07, 6.45) is 6.41. The smallest absolute Gasteiger partial charge is 0.159 e. The molecule has 1 aromatic rings. The molecule has 2 heterocycles. The SMILES string of the molecule is CC(=O)c1ccc(C#N)c(N2CCCC(CN3CCCCC3C)C2)c1. The molecule has 0 saturated carbocycles. The fourth-order valence-corrected chi connectivity index (χ4v) is 4.30. The monoisotopic (exact) mass is 339 g/mol. The summed E-state index contributed by atoms with van der Waals surface area (Å²) in [6.45, 7) is 8.28. The molecule has 2 aliphatic rings. The molecule has 2 atom stereocenters. The first-order chi connectivity index (χ1) is 12.1. The molecule has 0 aliphatic carbocycles. The van der Waals surface area contributed by atoms with Gasteiger partial charge < -0.3 is 9.80 Å². The highest BCUT2D eigenvalue weighted by Crippen LogP contribution is 2.29. The van der Waals surface area contributed by atoms with E-state index in [1.165, 1.54) is 32.2 Å². The Morgan fingerprint density at radius 3 is 2.80 bits per heavy atom. The molecule has 2 fully saturated rings. The Balaban J connectivity index is 1.73. The Morgan fingerprint density at radius 2 is 2.08 bits per heavy atom. The van der Waals surface area contributed by atoms with Crippen LogP contribution in [0.3, 0.4) is 0 Å². The zero-order valence-electron chi connectivity index (χ0n) is 15.5. The maximum absolute atomic E-state index is 11.7. The van der Waals surface area contributed by atoms with Crippen molar-refractivity contribution in [1.29, 1.82) is 5.26 Å². The van der Waals surface area contributed by atoms with Gasteiger partial charge in [0.2, 0.25) is 0 Å². The fraction of sp³-hybridized carbons (Fsp3) is 0.619. The first-order valence-electron chi connectivity index (χ1n) is 9.62. The zero-order chi connectivity index (χ0) is 17.8. The van der Waals surface area contributed by atoms with E-state index in [1.54, 1.807) is 19.1 Å². The third kappa shape index (κ3) is 4.22. The standard InChI is InChI=1S/C21H29N3O/c1-16-6-3-4-10-23(16)14-18-7-5-11-24(15-18)21-12-19(17(2)25)8-9-20(21)13-22/h8-9,12,16,18H,3-7,10-11,14-15H2,1-2H3. The highest BCUT2D eigenvalue weighted by Gasteiger charge is 2.26. The quantitative estimate of drug-likeness (QED) is 0.782. The second-order valence-electron chi connectivity index (χ2n) is 7.69. The number of benzene rings is 1. The van der Waals surface area contributed by atoms with Crippen LogP contribution in [-0.4, -0.2) is 42.9 Å². The van der Waals surface area contributed by atoms with Crippen LogP contribution in [0.2, 0.25) is 0 Å². The number of piperidine rings is 2. The van der Waals surface area contributed by atoms with Gasteiger partial charge in [-0.3, -0.25) is 4.79 Å². The van der Waals surface area contributed by atoms with Crippen LogP contribution >= 0.6 is 0 Å². The number of anilines is 1. The second-order valence-corrected chi connectivity index (χ2v) is 7.69. The lowest BCUT2D eigenvalue weighted by molar-refractivity contribution is 0.101. The summed E-state index contributed by atoms with van der Waals surface area (Å²) in [5.74, 6) is 0.697. The molecule has 134 valence electrons. The molecule has 25 heavy (non-hydrogen) atoms. The first kappa shape index (κ1) is 17.9. The van der Waals surface area contributed by atoms with E-state index in [-0.39, 0.29) is 5.78 Å². The Hall–Kier alpha value is -1.86. The molecule has 0 radical (unpaired) electrons. The number of carbonyl (C=O) groups excluding carboxylic acids is 1. The van der Waals surface area contributed by atoms with Crippen LogP contribution in [0.4, 0.5) is 5.69 Å². The van der Waals surface area contributed by atoms with Gasteiger partial charge in [-0.15, -0.1) is 0 Å². The number of Topliss-reactive ketones (excluding diaryl/α,β-unsaturated/α-hetero) is 1. The molecule has 0 bridgehead atoms. The molecule has 0 aromatic heterocycles. The van der Waals surface area contributed by atoms with E-state index < -0.39 is 0 Å².